The number of likely N-dealkylation sites (tertiary alicyclic amines) is 1. The van der Waals surface area contributed by atoms with Crippen molar-refractivity contribution in [3.8, 4) is 0 Å². The predicted octanol–water partition coefficient (Wildman–Crippen LogP) is 0.535. The molecule has 106 valence electrons. The van der Waals surface area contributed by atoms with E-state index in [0.29, 0.717) is 13.0 Å². The minimum Gasteiger partial charge on any atom is -0.353 e. The Morgan fingerprint density at radius 3 is 2.67 bits per heavy atom. The number of nitrogens with one attached hydrogen (secondary N) is 2. The minimum atomic E-state index is -0.245. The Morgan fingerprint density at radius 1 is 1.33 bits per heavy atom. The molecule has 0 aromatic carbocycles. The number of nitrogens with zero attached hydrogens (tertiary/aromatic N) is 1. The summed E-state index contributed by atoms with van der Waals surface area (Å²) in [5.74, 6) is 0.0981. The fourth-order valence-electron chi connectivity index (χ4n) is 2.12. The van der Waals surface area contributed by atoms with Gasteiger partial charge in [-0.25, -0.2) is 0 Å². The van der Waals surface area contributed by atoms with Gasteiger partial charge in [0.1, 0.15) is 6.04 Å². The van der Waals surface area contributed by atoms with Crippen molar-refractivity contribution < 1.29 is 9.59 Å². The van der Waals surface area contributed by atoms with Crippen molar-refractivity contribution in [2.24, 2.45) is 0 Å². The molecule has 1 rings (SSSR count). The van der Waals surface area contributed by atoms with Gasteiger partial charge in [-0.15, -0.1) is 12.4 Å². The highest BCUT2D eigenvalue weighted by atomic mass is 35.5. The zero-order valence-electron chi connectivity index (χ0n) is 11.2. The standard InChI is InChI=1S/C12H23N3O2.ClH/c1-3-5-11(16)15-9-4-6-10(15)12(17)14-8-7-13-2;/h10,13H,3-9H2,1-2H3,(H,14,17);1H. The number of rotatable bonds is 6. The van der Waals surface area contributed by atoms with Crippen LogP contribution in [0, 0.1) is 0 Å². The van der Waals surface area contributed by atoms with Gasteiger partial charge < -0.3 is 15.5 Å². The second-order valence-corrected chi connectivity index (χ2v) is 4.39. The monoisotopic (exact) mass is 277 g/mol. The first-order valence-corrected chi connectivity index (χ1v) is 6.42. The van der Waals surface area contributed by atoms with Crippen LogP contribution >= 0.6 is 12.4 Å². The van der Waals surface area contributed by atoms with Crippen LogP contribution in [0.3, 0.4) is 0 Å². The summed E-state index contributed by atoms with van der Waals surface area (Å²) in [5, 5.41) is 5.83. The van der Waals surface area contributed by atoms with E-state index in [2.05, 4.69) is 10.6 Å². The smallest absolute Gasteiger partial charge is 0.242 e. The van der Waals surface area contributed by atoms with Crippen molar-refractivity contribution in [2.45, 2.75) is 38.6 Å². The van der Waals surface area contributed by atoms with E-state index < -0.39 is 0 Å². The lowest BCUT2D eigenvalue weighted by atomic mass is 10.2. The van der Waals surface area contributed by atoms with E-state index in [9.17, 15) is 9.59 Å². The van der Waals surface area contributed by atoms with E-state index in [0.717, 1.165) is 32.4 Å². The first kappa shape index (κ1) is 17.2. The molecule has 0 bridgehead atoms. The molecule has 1 heterocycles. The van der Waals surface area contributed by atoms with Crippen LogP contribution in [0.1, 0.15) is 32.6 Å². The Morgan fingerprint density at radius 2 is 2.06 bits per heavy atom. The third-order valence-corrected chi connectivity index (χ3v) is 3.01. The van der Waals surface area contributed by atoms with Crippen LogP contribution in [0.15, 0.2) is 0 Å². The lowest BCUT2D eigenvalue weighted by Gasteiger charge is -2.23. The maximum Gasteiger partial charge on any atom is 0.242 e. The molecule has 0 spiro atoms. The van der Waals surface area contributed by atoms with Crippen LogP contribution in [-0.4, -0.2) is 49.4 Å². The van der Waals surface area contributed by atoms with E-state index in [4.69, 9.17) is 0 Å². The van der Waals surface area contributed by atoms with E-state index in [1.807, 2.05) is 14.0 Å². The molecule has 1 unspecified atom stereocenters. The number of amides is 2. The van der Waals surface area contributed by atoms with Gasteiger partial charge in [-0.3, -0.25) is 9.59 Å². The summed E-state index contributed by atoms with van der Waals surface area (Å²) in [5.41, 5.74) is 0. The van der Waals surface area contributed by atoms with Crippen LogP contribution in [0.2, 0.25) is 0 Å². The molecule has 0 radical (unpaired) electrons. The molecule has 1 saturated heterocycles. The van der Waals surface area contributed by atoms with Crippen molar-refractivity contribution in [2.75, 3.05) is 26.7 Å². The first-order valence-electron chi connectivity index (χ1n) is 6.42. The Hall–Kier alpha value is -0.810. The summed E-state index contributed by atoms with van der Waals surface area (Å²) in [4.78, 5) is 25.5. The van der Waals surface area contributed by atoms with Gasteiger partial charge in [-0.2, -0.15) is 0 Å². The van der Waals surface area contributed by atoms with Gasteiger partial charge in [0.25, 0.3) is 0 Å². The SMILES string of the molecule is CCCC(=O)N1CCCC1C(=O)NCCNC.Cl. The number of carbonyl (C=O) groups is 2. The third-order valence-electron chi connectivity index (χ3n) is 3.01. The van der Waals surface area contributed by atoms with Crippen LogP contribution in [0.5, 0.6) is 0 Å². The van der Waals surface area contributed by atoms with Crippen LogP contribution in [0.4, 0.5) is 0 Å². The number of likely N-dealkylation sites (N-methyl/N-ethyl adjacent to an activating group) is 1. The van der Waals surface area contributed by atoms with Crippen molar-refractivity contribution in [3.05, 3.63) is 0 Å². The quantitative estimate of drug-likeness (QED) is 0.697. The number of halogens is 1. The molecular formula is C12H24ClN3O2. The number of carbonyl (C=O) groups excluding carboxylic acids is 2. The van der Waals surface area contributed by atoms with Crippen LogP contribution in [-0.2, 0) is 9.59 Å². The van der Waals surface area contributed by atoms with Crippen molar-refractivity contribution in [3.63, 3.8) is 0 Å². The van der Waals surface area contributed by atoms with Crippen LogP contribution in [0.25, 0.3) is 0 Å². The van der Waals surface area contributed by atoms with Crippen LogP contribution < -0.4 is 10.6 Å². The highest BCUT2D eigenvalue weighted by molar-refractivity contribution is 5.88. The second kappa shape index (κ2) is 9.16. The molecular weight excluding hydrogens is 254 g/mol. The van der Waals surface area contributed by atoms with Gasteiger partial charge in [0, 0.05) is 26.1 Å². The molecule has 1 atom stereocenters. The fraction of sp³-hybridized carbons (Fsp3) is 0.833. The normalized spacial score (nSPS) is 18.3. The third kappa shape index (κ3) is 4.82. The lowest BCUT2D eigenvalue weighted by molar-refractivity contribution is -0.138. The minimum absolute atomic E-state index is 0. The molecule has 6 heteroatoms. The zero-order valence-corrected chi connectivity index (χ0v) is 12.0. The van der Waals surface area contributed by atoms with E-state index in [1.165, 1.54) is 0 Å². The van der Waals surface area contributed by atoms with Gasteiger partial charge in [0.05, 0.1) is 0 Å². The number of hydrogen-bond donors (Lipinski definition) is 2. The summed E-state index contributed by atoms with van der Waals surface area (Å²) >= 11 is 0. The lowest BCUT2D eigenvalue weighted by Crippen LogP contribution is -2.47. The second-order valence-electron chi connectivity index (χ2n) is 4.39. The highest BCUT2D eigenvalue weighted by Gasteiger charge is 2.33. The van der Waals surface area contributed by atoms with E-state index in [1.54, 1.807) is 4.90 Å². The van der Waals surface area contributed by atoms with E-state index in [-0.39, 0.29) is 30.3 Å². The molecule has 1 aliphatic rings. The van der Waals surface area contributed by atoms with E-state index >= 15 is 0 Å². The first-order chi connectivity index (χ1) is 8.20. The molecule has 2 N–H and O–H groups in total. The Labute approximate surface area is 115 Å². The maximum atomic E-state index is 11.9. The predicted molar refractivity (Wildman–Crippen MR) is 73.8 cm³/mol. The molecule has 0 saturated carbocycles. The Bertz CT molecular complexity index is 274. The highest BCUT2D eigenvalue weighted by Crippen LogP contribution is 2.18. The van der Waals surface area contributed by atoms with Crippen molar-refractivity contribution in [1.82, 2.24) is 15.5 Å². The summed E-state index contributed by atoms with van der Waals surface area (Å²) in [6.07, 6.45) is 3.10. The molecule has 1 aliphatic heterocycles. The summed E-state index contributed by atoms with van der Waals surface area (Å²) in [6, 6.07) is -0.245. The fourth-order valence-corrected chi connectivity index (χ4v) is 2.12. The molecule has 18 heavy (non-hydrogen) atoms. The molecule has 2 amide bonds. The van der Waals surface area contributed by atoms with Crippen molar-refractivity contribution >= 4 is 24.2 Å². The molecule has 0 aliphatic carbocycles. The largest absolute Gasteiger partial charge is 0.353 e. The Balaban J connectivity index is 0.00000289. The number of hydrogen-bond acceptors (Lipinski definition) is 3. The van der Waals surface area contributed by atoms with Crippen molar-refractivity contribution in [1.29, 1.82) is 0 Å². The summed E-state index contributed by atoms with van der Waals surface area (Å²) in [6.45, 7) is 4.07. The molecule has 0 aromatic heterocycles. The average molecular weight is 278 g/mol. The maximum absolute atomic E-state index is 11.9. The summed E-state index contributed by atoms with van der Waals surface area (Å²) in [7, 11) is 1.85. The van der Waals surface area contributed by atoms with Gasteiger partial charge in [0.15, 0.2) is 0 Å². The molecule has 1 fully saturated rings. The molecule has 5 nitrogen and oxygen atoms in total. The average Bonchev–Trinajstić information content (AvgIpc) is 2.78. The zero-order chi connectivity index (χ0) is 12.7. The molecule has 0 aromatic rings. The topological polar surface area (TPSA) is 61.4 Å². The summed E-state index contributed by atoms with van der Waals surface area (Å²) < 4.78 is 0. The Kier molecular flexibility index (Phi) is 8.75. The van der Waals surface area contributed by atoms with Gasteiger partial charge in [-0.05, 0) is 26.3 Å². The van der Waals surface area contributed by atoms with Gasteiger partial charge in [-0.1, -0.05) is 6.92 Å². The van der Waals surface area contributed by atoms with Gasteiger partial charge in [0.2, 0.25) is 11.8 Å². The van der Waals surface area contributed by atoms with Gasteiger partial charge >= 0.3 is 0 Å².